The number of oxime groups is 1. The first kappa shape index (κ1) is 29.7. The van der Waals surface area contributed by atoms with E-state index in [9.17, 15) is 35.8 Å². The van der Waals surface area contributed by atoms with Crippen molar-refractivity contribution in [3.8, 4) is 0 Å². The van der Waals surface area contributed by atoms with E-state index >= 15 is 0 Å². The van der Waals surface area contributed by atoms with Crippen molar-refractivity contribution in [2.75, 3.05) is 31.2 Å². The van der Waals surface area contributed by atoms with Crippen molar-refractivity contribution in [2.24, 2.45) is 5.16 Å². The smallest absolute Gasteiger partial charge is 0.731 e. The van der Waals surface area contributed by atoms with E-state index in [0.717, 1.165) is 18.4 Å². The van der Waals surface area contributed by atoms with Gasteiger partial charge in [0.05, 0.1) is 12.9 Å². The fourth-order valence-electron chi connectivity index (χ4n) is 2.41. The molecule has 0 bridgehead atoms. The van der Waals surface area contributed by atoms with Gasteiger partial charge in [0.2, 0.25) is 5.91 Å². The Bertz CT molecular complexity index is 1160. The fourth-order valence-corrected chi connectivity index (χ4v) is 4.42. The Morgan fingerprint density at radius 1 is 1.36 bits per heavy atom. The topological polar surface area (TPSA) is 214 Å². The van der Waals surface area contributed by atoms with Gasteiger partial charge in [-0.2, -0.15) is 8.42 Å². The summed E-state index contributed by atoms with van der Waals surface area (Å²) in [6, 6.07) is -3.24. The first-order chi connectivity index (χ1) is 14.8. The van der Waals surface area contributed by atoms with Gasteiger partial charge in [-0.05, 0) is 0 Å². The second-order valence-corrected chi connectivity index (χ2v) is 9.96. The van der Waals surface area contributed by atoms with E-state index in [0.29, 0.717) is 6.26 Å². The van der Waals surface area contributed by atoms with Crippen LogP contribution >= 0.6 is 22.9 Å². The minimum absolute atomic E-state index is 0. The van der Waals surface area contributed by atoms with Crippen molar-refractivity contribution in [3.63, 3.8) is 0 Å². The number of rotatable bonds is 10. The summed E-state index contributed by atoms with van der Waals surface area (Å²) in [5.41, 5.74) is -0.544. The first-order valence-electron chi connectivity index (χ1n) is 8.15. The minimum Gasteiger partial charge on any atom is -0.731 e. The number of anilines is 1. The molecule has 1 saturated heterocycles. The van der Waals surface area contributed by atoms with Crippen molar-refractivity contribution in [1.29, 1.82) is 0 Å². The van der Waals surface area contributed by atoms with Crippen LogP contribution in [0, 0.1) is 0 Å². The Balaban J connectivity index is 0.00000544. The number of nitrogens with one attached hydrogen (secondary N) is 2. The Morgan fingerprint density at radius 3 is 2.52 bits per heavy atom. The quantitative estimate of drug-likeness (QED) is 0.0529. The summed E-state index contributed by atoms with van der Waals surface area (Å²) in [5.74, 6) is -3.28. The number of halogens is 1. The number of β-lactam (4-membered cyclic amide) rings is 1. The van der Waals surface area contributed by atoms with Crippen LogP contribution in [0.4, 0.5) is 5.13 Å². The average molecular weight is 556 g/mol. The average Bonchev–Trinajstić information content (AvgIpc) is 3.12. The summed E-state index contributed by atoms with van der Waals surface area (Å²) in [6.07, 6.45) is 0.670. The maximum atomic E-state index is 12.6. The fraction of sp³-hybridized carbons (Fsp3) is 0.462. The number of carbonyl (C=O) groups is 3. The molecule has 0 spiro atoms. The van der Waals surface area contributed by atoms with E-state index < -0.39 is 62.5 Å². The third-order valence-corrected chi connectivity index (χ3v) is 6.16. The predicted molar refractivity (Wildman–Crippen MR) is 108 cm³/mol. The summed E-state index contributed by atoms with van der Waals surface area (Å²) < 4.78 is 60.6. The molecule has 1 aromatic rings. The summed E-state index contributed by atoms with van der Waals surface area (Å²) in [6.45, 7) is -0.904. The van der Waals surface area contributed by atoms with Gasteiger partial charge in [-0.1, -0.05) is 5.16 Å². The van der Waals surface area contributed by atoms with Gasteiger partial charge in [0.25, 0.3) is 21.9 Å². The Labute approximate surface area is 219 Å². The zero-order valence-corrected chi connectivity index (χ0v) is 22.4. The van der Waals surface area contributed by atoms with Gasteiger partial charge >= 0.3 is 29.6 Å². The monoisotopic (exact) mass is 555 g/mol. The normalized spacial score (nSPS) is 18.7. The maximum absolute atomic E-state index is 12.6. The second-order valence-electron chi connectivity index (χ2n) is 5.94. The molecule has 2 rings (SSSR count). The van der Waals surface area contributed by atoms with Crippen LogP contribution in [0.25, 0.3) is 0 Å². The Morgan fingerprint density at radius 2 is 2.00 bits per heavy atom. The van der Waals surface area contributed by atoms with Crippen LogP contribution in [0.2, 0.25) is 0 Å². The van der Waals surface area contributed by atoms with Gasteiger partial charge in [0, 0.05) is 5.38 Å². The van der Waals surface area contributed by atoms with Gasteiger partial charge in [-0.3, -0.25) is 18.6 Å². The SMILES string of the molecule is CON=C(C(=O)N[C@@H]1C(=O)N(S(=O)(=O)[O-])[C@@H]1COS(C)(=O)=O)c1csc(NC(=O)CCl)n1.[Na+]. The second kappa shape index (κ2) is 11.8. The minimum atomic E-state index is -5.30. The molecular formula is C13H15ClN5NaO10S3. The van der Waals surface area contributed by atoms with Crippen LogP contribution < -0.4 is 40.2 Å². The van der Waals surface area contributed by atoms with Crippen molar-refractivity contribution in [1.82, 2.24) is 14.6 Å². The van der Waals surface area contributed by atoms with E-state index in [-0.39, 0.29) is 50.6 Å². The molecule has 0 saturated carbocycles. The number of alkyl halides is 1. The summed E-state index contributed by atoms with van der Waals surface area (Å²) in [4.78, 5) is 44.7. The van der Waals surface area contributed by atoms with Crippen LogP contribution in [0.1, 0.15) is 5.69 Å². The van der Waals surface area contributed by atoms with Crippen LogP contribution in [-0.4, -0.2) is 92.0 Å². The van der Waals surface area contributed by atoms with Crippen LogP contribution in [0.3, 0.4) is 0 Å². The van der Waals surface area contributed by atoms with E-state index in [1.165, 1.54) is 5.38 Å². The van der Waals surface area contributed by atoms with Crippen LogP contribution in [0.15, 0.2) is 10.5 Å². The number of carbonyl (C=O) groups excluding carboxylic acids is 3. The molecule has 33 heavy (non-hydrogen) atoms. The van der Waals surface area contributed by atoms with Gasteiger partial charge in [0.15, 0.2) is 21.1 Å². The van der Waals surface area contributed by atoms with E-state index in [2.05, 4.69) is 29.8 Å². The molecule has 0 unspecified atom stereocenters. The molecule has 1 aromatic heterocycles. The van der Waals surface area contributed by atoms with Gasteiger partial charge in [-0.25, -0.2) is 17.7 Å². The third kappa shape index (κ3) is 7.82. The molecule has 2 N–H and O–H groups in total. The number of hydrogen-bond donors (Lipinski definition) is 2. The summed E-state index contributed by atoms with van der Waals surface area (Å²) >= 11 is 6.30. The molecule has 3 amide bonds. The largest absolute Gasteiger partial charge is 1.00 e. The van der Waals surface area contributed by atoms with Gasteiger partial charge in [0.1, 0.15) is 30.8 Å². The summed E-state index contributed by atoms with van der Waals surface area (Å²) in [5, 5.41) is 9.38. The molecule has 2 atom stereocenters. The predicted octanol–water partition coefficient (Wildman–Crippen LogP) is -5.19. The Hall–Kier alpha value is -1.38. The summed E-state index contributed by atoms with van der Waals surface area (Å²) in [7, 11) is -8.25. The van der Waals surface area contributed by atoms with Crippen LogP contribution in [0.5, 0.6) is 0 Å². The zero-order chi connectivity index (χ0) is 24.3. The molecule has 1 fully saturated rings. The molecule has 1 aliphatic heterocycles. The molecule has 20 heteroatoms. The van der Waals surface area contributed by atoms with E-state index in [4.69, 9.17) is 11.6 Å². The van der Waals surface area contributed by atoms with Crippen molar-refractivity contribution in [3.05, 3.63) is 11.1 Å². The van der Waals surface area contributed by atoms with Gasteiger partial charge < -0.3 is 20.0 Å². The number of nitrogens with zero attached hydrogens (tertiary/aromatic N) is 3. The molecule has 2 heterocycles. The van der Waals surface area contributed by atoms with Crippen molar-refractivity contribution >= 4 is 71.9 Å². The molecular weight excluding hydrogens is 541 g/mol. The Kier molecular flexibility index (Phi) is 10.6. The number of hydrogen-bond acceptors (Lipinski definition) is 13. The number of aromatic nitrogens is 1. The molecule has 0 aliphatic carbocycles. The number of thiazole rings is 1. The molecule has 0 radical (unpaired) electrons. The molecule has 15 nitrogen and oxygen atoms in total. The van der Waals surface area contributed by atoms with Crippen molar-refractivity contribution < 1.29 is 74.3 Å². The van der Waals surface area contributed by atoms with Gasteiger partial charge in [-0.15, -0.1) is 22.9 Å². The van der Waals surface area contributed by atoms with E-state index in [1.54, 1.807) is 0 Å². The molecule has 0 aromatic carbocycles. The van der Waals surface area contributed by atoms with Crippen LogP contribution in [-0.2, 0) is 43.8 Å². The molecule has 178 valence electrons. The standard InChI is InChI=1S/C13H16ClN5O10S3.Na/c1-28-18-9(6-5-30-13(15-6)16-8(20)3-14)11(21)17-10-7(4-29-31(2,23)24)19(12(10)22)32(25,26)27;/h5,7,10H,3-4H2,1-2H3,(H,17,21)(H,15,16,20)(H,25,26,27);/q;+1/p-1/t7-,10+;/m1./s1. The van der Waals surface area contributed by atoms with E-state index in [1.807, 2.05) is 0 Å². The zero-order valence-electron chi connectivity index (χ0n) is 17.2. The molecule has 1 aliphatic rings. The third-order valence-electron chi connectivity index (χ3n) is 3.66. The number of amides is 3. The maximum Gasteiger partial charge on any atom is 1.00 e. The first-order valence-corrected chi connectivity index (χ1v) is 12.7. The van der Waals surface area contributed by atoms with Crippen molar-refractivity contribution in [2.45, 2.75) is 12.1 Å².